The molecule has 92 valence electrons. The number of nitrogens with one attached hydrogen (secondary N) is 1. The summed E-state index contributed by atoms with van der Waals surface area (Å²) in [6.07, 6.45) is 0.903. The van der Waals surface area contributed by atoms with Crippen molar-refractivity contribution in [1.82, 2.24) is 10.2 Å². The lowest BCUT2D eigenvalue weighted by Gasteiger charge is -2.17. The lowest BCUT2D eigenvalue weighted by atomic mass is 10.2. The van der Waals surface area contributed by atoms with Gasteiger partial charge in [-0.1, -0.05) is 30.7 Å². The topological polar surface area (TPSA) is 32.3 Å². The minimum atomic E-state index is 0.00676. The van der Waals surface area contributed by atoms with Crippen LogP contribution in [0.15, 0.2) is 24.3 Å². The van der Waals surface area contributed by atoms with Gasteiger partial charge in [-0.2, -0.15) is 0 Å². The van der Waals surface area contributed by atoms with Gasteiger partial charge in [0.25, 0.3) is 0 Å². The summed E-state index contributed by atoms with van der Waals surface area (Å²) in [5.74, 6) is 0.210. The molecule has 4 heteroatoms. The lowest BCUT2D eigenvalue weighted by molar-refractivity contribution is -0.129. The number of likely N-dealkylation sites (tertiary alicyclic amines) is 1. The molecular weight excluding hydrogens is 236 g/mol. The van der Waals surface area contributed by atoms with E-state index in [1.54, 1.807) is 0 Å². The average molecular weight is 253 g/mol. The fourth-order valence-electron chi connectivity index (χ4n) is 2.14. The van der Waals surface area contributed by atoms with Crippen LogP contribution in [0.1, 0.15) is 18.9 Å². The number of hydrogen-bond donors (Lipinski definition) is 1. The molecule has 0 aromatic heterocycles. The first-order valence-electron chi connectivity index (χ1n) is 5.97. The van der Waals surface area contributed by atoms with Crippen molar-refractivity contribution in [2.45, 2.75) is 25.9 Å². The van der Waals surface area contributed by atoms with E-state index >= 15 is 0 Å². The molecule has 0 bridgehead atoms. The summed E-state index contributed by atoms with van der Waals surface area (Å²) in [5.41, 5.74) is 1.12. The number of nitrogens with zero attached hydrogens (tertiary/aromatic N) is 1. The second-order valence-electron chi connectivity index (χ2n) is 4.29. The third-order valence-electron chi connectivity index (χ3n) is 3.03. The fourth-order valence-corrected chi connectivity index (χ4v) is 2.27. The molecule has 1 N–H and O–H groups in total. The third-order valence-corrected chi connectivity index (χ3v) is 3.29. The molecule has 1 aliphatic heterocycles. The number of carbonyl (C=O) groups is 1. The van der Waals surface area contributed by atoms with Gasteiger partial charge in [0.05, 0.1) is 6.04 Å². The quantitative estimate of drug-likeness (QED) is 0.890. The van der Waals surface area contributed by atoms with Crippen LogP contribution in [0.5, 0.6) is 0 Å². The number of amides is 1. The Bertz CT molecular complexity index is 391. The molecular formula is C13H17ClN2O. The SMILES string of the molecule is CCNC1CCN(Cc2ccc(Cl)cc2)C1=O. The highest BCUT2D eigenvalue weighted by Gasteiger charge is 2.30. The minimum Gasteiger partial charge on any atom is -0.337 e. The highest BCUT2D eigenvalue weighted by Crippen LogP contribution is 2.16. The van der Waals surface area contributed by atoms with E-state index in [1.165, 1.54) is 0 Å². The molecule has 3 nitrogen and oxygen atoms in total. The molecule has 1 amide bonds. The molecule has 1 aromatic rings. The van der Waals surface area contributed by atoms with Crippen molar-refractivity contribution in [2.24, 2.45) is 0 Å². The van der Waals surface area contributed by atoms with Crippen LogP contribution in [0.4, 0.5) is 0 Å². The monoisotopic (exact) mass is 252 g/mol. The molecule has 1 saturated heterocycles. The van der Waals surface area contributed by atoms with Gasteiger partial charge in [-0.3, -0.25) is 4.79 Å². The predicted octanol–water partition coefficient (Wildman–Crippen LogP) is 2.05. The zero-order valence-electron chi connectivity index (χ0n) is 9.95. The summed E-state index contributed by atoms with van der Waals surface area (Å²) in [4.78, 5) is 13.9. The van der Waals surface area contributed by atoms with E-state index < -0.39 is 0 Å². The molecule has 1 aliphatic rings. The number of hydrogen-bond acceptors (Lipinski definition) is 2. The fraction of sp³-hybridized carbons (Fsp3) is 0.462. The summed E-state index contributed by atoms with van der Waals surface area (Å²) in [7, 11) is 0. The Hall–Kier alpha value is -1.06. The van der Waals surface area contributed by atoms with Crippen LogP contribution in [-0.4, -0.2) is 29.9 Å². The summed E-state index contributed by atoms with van der Waals surface area (Å²) in [6.45, 7) is 4.37. The van der Waals surface area contributed by atoms with Crippen LogP contribution in [0, 0.1) is 0 Å². The van der Waals surface area contributed by atoms with Crippen LogP contribution in [-0.2, 0) is 11.3 Å². The van der Waals surface area contributed by atoms with Gasteiger partial charge in [0, 0.05) is 18.1 Å². The van der Waals surface area contributed by atoms with Crippen molar-refractivity contribution in [1.29, 1.82) is 0 Å². The molecule has 0 aliphatic carbocycles. The largest absolute Gasteiger partial charge is 0.337 e. The summed E-state index contributed by atoms with van der Waals surface area (Å²) < 4.78 is 0. The maximum Gasteiger partial charge on any atom is 0.240 e. The van der Waals surface area contributed by atoms with Gasteiger partial charge in [0.1, 0.15) is 0 Å². The minimum absolute atomic E-state index is 0.00676. The van der Waals surface area contributed by atoms with Crippen molar-refractivity contribution < 1.29 is 4.79 Å². The second kappa shape index (κ2) is 5.52. The molecule has 17 heavy (non-hydrogen) atoms. The van der Waals surface area contributed by atoms with E-state index in [9.17, 15) is 4.79 Å². The maximum atomic E-state index is 12.0. The van der Waals surface area contributed by atoms with Crippen LogP contribution < -0.4 is 5.32 Å². The molecule has 1 fully saturated rings. The van der Waals surface area contributed by atoms with Gasteiger partial charge in [-0.05, 0) is 30.7 Å². The van der Waals surface area contributed by atoms with Crippen LogP contribution >= 0.6 is 11.6 Å². The number of rotatable bonds is 4. The van der Waals surface area contributed by atoms with Crippen molar-refractivity contribution in [3.8, 4) is 0 Å². The Morgan fingerprint density at radius 3 is 2.76 bits per heavy atom. The van der Waals surface area contributed by atoms with E-state index in [0.717, 1.165) is 30.1 Å². The van der Waals surface area contributed by atoms with Crippen LogP contribution in [0.3, 0.4) is 0 Å². The Labute approximate surface area is 107 Å². The second-order valence-corrected chi connectivity index (χ2v) is 4.72. The zero-order valence-corrected chi connectivity index (χ0v) is 10.7. The van der Waals surface area contributed by atoms with Crippen molar-refractivity contribution >= 4 is 17.5 Å². The molecule has 2 rings (SSSR count). The predicted molar refractivity (Wildman–Crippen MR) is 69.0 cm³/mol. The van der Waals surface area contributed by atoms with Gasteiger partial charge < -0.3 is 10.2 Å². The molecule has 0 saturated carbocycles. The van der Waals surface area contributed by atoms with E-state index in [1.807, 2.05) is 36.1 Å². The molecule has 0 radical (unpaired) electrons. The van der Waals surface area contributed by atoms with Gasteiger partial charge in [-0.15, -0.1) is 0 Å². The molecule has 0 spiro atoms. The first kappa shape index (κ1) is 12.4. The Kier molecular flexibility index (Phi) is 4.02. The normalized spacial score (nSPS) is 20.0. The number of likely N-dealkylation sites (N-methyl/N-ethyl adjacent to an activating group) is 1. The van der Waals surface area contributed by atoms with Gasteiger partial charge in [0.15, 0.2) is 0 Å². The number of benzene rings is 1. The summed E-state index contributed by atoms with van der Waals surface area (Å²) in [5, 5.41) is 3.94. The molecule has 1 atom stereocenters. The zero-order chi connectivity index (χ0) is 12.3. The van der Waals surface area contributed by atoms with E-state index in [4.69, 9.17) is 11.6 Å². The Balaban J connectivity index is 1.96. The van der Waals surface area contributed by atoms with E-state index in [2.05, 4.69) is 5.32 Å². The molecule has 1 aromatic carbocycles. The van der Waals surface area contributed by atoms with Gasteiger partial charge in [-0.25, -0.2) is 0 Å². The summed E-state index contributed by atoms with van der Waals surface area (Å²) in [6, 6.07) is 7.66. The number of carbonyl (C=O) groups excluding carboxylic acids is 1. The standard InChI is InChI=1S/C13H17ClN2O/c1-2-15-12-7-8-16(13(12)17)9-10-3-5-11(14)6-4-10/h3-6,12,15H,2,7-9H2,1H3. The first-order valence-corrected chi connectivity index (χ1v) is 6.35. The highest BCUT2D eigenvalue weighted by molar-refractivity contribution is 6.30. The smallest absolute Gasteiger partial charge is 0.240 e. The molecule has 1 heterocycles. The lowest BCUT2D eigenvalue weighted by Crippen LogP contribution is -2.37. The molecule has 1 unspecified atom stereocenters. The van der Waals surface area contributed by atoms with Crippen molar-refractivity contribution in [3.05, 3.63) is 34.9 Å². The van der Waals surface area contributed by atoms with E-state index in [-0.39, 0.29) is 11.9 Å². The van der Waals surface area contributed by atoms with E-state index in [0.29, 0.717) is 6.54 Å². The highest BCUT2D eigenvalue weighted by atomic mass is 35.5. The first-order chi connectivity index (χ1) is 8.20. The third kappa shape index (κ3) is 2.99. The van der Waals surface area contributed by atoms with Crippen molar-refractivity contribution in [3.63, 3.8) is 0 Å². The summed E-state index contributed by atoms with van der Waals surface area (Å²) >= 11 is 5.83. The number of halogens is 1. The van der Waals surface area contributed by atoms with Crippen LogP contribution in [0.2, 0.25) is 5.02 Å². The average Bonchev–Trinajstić information content (AvgIpc) is 2.65. The van der Waals surface area contributed by atoms with Gasteiger partial charge >= 0.3 is 0 Å². The van der Waals surface area contributed by atoms with Gasteiger partial charge in [0.2, 0.25) is 5.91 Å². The Morgan fingerprint density at radius 1 is 1.41 bits per heavy atom. The maximum absolute atomic E-state index is 12.0. The van der Waals surface area contributed by atoms with Crippen molar-refractivity contribution in [2.75, 3.05) is 13.1 Å². The van der Waals surface area contributed by atoms with Crippen LogP contribution in [0.25, 0.3) is 0 Å². The Morgan fingerprint density at radius 2 is 2.12 bits per heavy atom.